The summed E-state index contributed by atoms with van der Waals surface area (Å²) < 4.78 is 30.7. The molecule has 0 fully saturated rings. The van der Waals surface area contributed by atoms with Crippen LogP contribution >= 0.6 is 7.82 Å². The van der Waals surface area contributed by atoms with Crippen LogP contribution in [0.15, 0.2) is 85.1 Å². The van der Waals surface area contributed by atoms with Crippen LogP contribution in [0.4, 0.5) is 0 Å². The summed E-state index contributed by atoms with van der Waals surface area (Å²) in [4.78, 5) is 37.7. The summed E-state index contributed by atoms with van der Waals surface area (Å²) in [5.74, 6) is -0.571. The summed E-state index contributed by atoms with van der Waals surface area (Å²) in [5, 5.41) is 3.02. The summed E-state index contributed by atoms with van der Waals surface area (Å²) in [5.41, 5.74) is 0. The van der Waals surface area contributed by atoms with E-state index in [4.69, 9.17) is 13.8 Å². The predicted octanol–water partition coefficient (Wildman–Crippen LogP) is 19.8. The summed E-state index contributed by atoms with van der Waals surface area (Å²) in [6.45, 7) is 6.93. The molecule has 0 aromatic heterocycles. The average molecular weight is 1100 g/mol. The SMILES string of the molecule is CCCCC/C=C\C/C=C\C/C=C\C/C=C\CCCC(=O)NC(COP(=O)(O)OCC[N+](C)(C)C)C(/C=C/CCCCCCCCCCCCC)OC(=O)CCCCCCCCCCCCC/C=C\C/C=C\CCCCC. The molecule has 0 saturated heterocycles. The second kappa shape index (κ2) is 56.5. The van der Waals surface area contributed by atoms with E-state index in [9.17, 15) is 19.0 Å². The Morgan fingerprint density at radius 3 is 1.23 bits per heavy atom. The van der Waals surface area contributed by atoms with E-state index < -0.39 is 20.0 Å². The molecular weight excluding hydrogens is 976 g/mol. The van der Waals surface area contributed by atoms with Gasteiger partial charge in [0.05, 0.1) is 33.8 Å². The molecule has 0 radical (unpaired) electrons. The molecule has 0 aliphatic heterocycles. The Balaban J connectivity index is 5.32. The van der Waals surface area contributed by atoms with Gasteiger partial charge in [0.15, 0.2) is 0 Å². The number of amides is 1. The van der Waals surface area contributed by atoms with Gasteiger partial charge in [0.25, 0.3) is 0 Å². The van der Waals surface area contributed by atoms with E-state index in [1.807, 2.05) is 33.3 Å². The first-order valence-corrected chi connectivity index (χ1v) is 33.4. The number of nitrogens with zero attached hydrogens (tertiary/aromatic N) is 1. The molecule has 1 amide bonds. The van der Waals surface area contributed by atoms with Crippen LogP contribution in [0, 0.1) is 0 Å². The highest BCUT2D eigenvalue weighted by Gasteiger charge is 2.30. The molecule has 3 atom stereocenters. The molecule has 77 heavy (non-hydrogen) atoms. The number of hydrogen-bond acceptors (Lipinski definition) is 6. The third-order valence-electron chi connectivity index (χ3n) is 13.8. The van der Waals surface area contributed by atoms with Crippen molar-refractivity contribution in [3.63, 3.8) is 0 Å². The highest BCUT2D eigenvalue weighted by molar-refractivity contribution is 7.47. The van der Waals surface area contributed by atoms with Crippen LogP contribution in [0.1, 0.15) is 278 Å². The first kappa shape index (κ1) is 74.2. The van der Waals surface area contributed by atoms with Crippen LogP contribution in [0.3, 0.4) is 0 Å². The minimum Gasteiger partial charge on any atom is -0.456 e. The molecule has 9 nitrogen and oxygen atoms in total. The van der Waals surface area contributed by atoms with Crippen molar-refractivity contribution in [3.05, 3.63) is 85.1 Å². The van der Waals surface area contributed by atoms with E-state index >= 15 is 0 Å². The van der Waals surface area contributed by atoms with Gasteiger partial charge < -0.3 is 19.4 Å². The van der Waals surface area contributed by atoms with E-state index in [0.717, 1.165) is 70.6 Å². The standard InChI is InChI=1S/C67H121N2O7P/c1-7-10-13-16-19-22-25-28-30-32-33-34-35-37-39-42-45-48-51-54-57-60-67(71)76-65(58-55-52-49-46-43-40-27-24-21-18-15-12-9-3)64(63-75-77(72,73)74-62-61-69(4,5)6)68-66(70)59-56-53-50-47-44-41-38-36-31-29-26-23-20-17-14-11-8-2/h19-20,22-23,28-31,38,41,47,50,55,58,64-65H,7-18,21,24-27,32-37,39-40,42-46,48-49,51-54,56-57,59-63H2,1-6H3,(H-,68,70,72,73)/p+1/b22-19-,23-20-,30-28-,31-29-,41-38-,50-47-,58-55+. The van der Waals surface area contributed by atoms with Crippen molar-refractivity contribution in [1.82, 2.24) is 5.32 Å². The zero-order chi connectivity index (χ0) is 56.4. The van der Waals surface area contributed by atoms with Crippen molar-refractivity contribution >= 4 is 19.7 Å². The minimum absolute atomic E-state index is 0.0271. The monoisotopic (exact) mass is 1100 g/mol. The fourth-order valence-electron chi connectivity index (χ4n) is 8.85. The van der Waals surface area contributed by atoms with E-state index in [1.54, 1.807) is 0 Å². The van der Waals surface area contributed by atoms with Crippen LogP contribution in [0.2, 0.25) is 0 Å². The molecule has 0 aliphatic rings. The summed E-state index contributed by atoms with van der Waals surface area (Å²) in [6, 6.07) is -0.881. The predicted molar refractivity (Wildman–Crippen MR) is 332 cm³/mol. The van der Waals surface area contributed by atoms with Gasteiger partial charge in [-0.1, -0.05) is 247 Å². The van der Waals surface area contributed by atoms with Crippen LogP contribution < -0.4 is 5.32 Å². The Bertz CT molecular complexity index is 1590. The molecule has 0 spiro atoms. The molecule has 446 valence electrons. The maximum Gasteiger partial charge on any atom is 0.472 e. The second-order valence-corrected chi connectivity index (χ2v) is 24.0. The number of carbonyl (C=O) groups is 2. The van der Waals surface area contributed by atoms with Crippen molar-refractivity contribution < 1.29 is 37.3 Å². The van der Waals surface area contributed by atoms with Crippen LogP contribution in [-0.4, -0.2) is 74.3 Å². The highest BCUT2D eigenvalue weighted by atomic mass is 31.2. The Morgan fingerprint density at radius 2 is 0.805 bits per heavy atom. The Morgan fingerprint density at radius 1 is 0.455 bits per heavy atom. The van der Waals surface area contributed by atoms with E-state index in [0.29, 0.717) is 17.4 Å². The lowest BCUT2D eigenvalue weighted by Crippen LogP contribution is -2.47. The average Bonchev–Trinajstić information content (AvgIpc) is 3.39. The van der Waals surface area contributed by atoms with Gasteiger partial charge >= 0.3 is 13.8 Å². The minimum atomic E-state index is -4.47. The van der Waals surface area contributed by atoms with Crippen molar-refractivity contribution in [2.75, 3.05) is 40.9 Å². The number of hydrogen-bond donors (Lipinski definition) is 2. The van der Waals surface area contributed by atoms with Crippen LogP contribution in [0.25, 0.3) is 0 Å². The number of quaternary nitrogens is 1. The van der Waals surface area contributed by atoms with Gasteiger partial charge in [0.2, 0.25) is 5.91 Å². The lowest BCUT2D eigenvalue weighted by molar-refractivity contribution is -0.870. The number of likely N-dealkylation sites (N-methyl/N-ethyl adjacent to an activating group) is 1. The van der Waals surface area contributed by atoms with E-state index in [-0.39, 0.29) is 37.9 Å². The number of phosphoric acid groups is 1. The number of carbonyl (C=O) groups excluding carboxylic acids is 2. The first-order valence-electron chi connectivity index (χ1n) is 31.9. The molecule has 10 heteroatoms. The molecule has 0 rings (SSSR count). The molecule has 0 aliphatic carbocycles. The van der Waals surface area contributed by atoms with Gasteiger partial charge in [-0.25, -0.2) is 4.57 Å². The van der Waals surface area contributed by atoms with E-state index in [1.165, 1.54) is 167 Å². The quantitative estimate of drug-likeness (QED) is 0.0205. The summed E-state index contributed by atoms with van der Waals surface area (Å²) in [6.07, 6.45) is 74.4. The molecule has 0 aromatic carbocycles. The summed E-state index contributed by atoms with van der Waals surface area (Å²) >= 11 is 0. The zero-order valence-corrected chi connectivity index (χ0v) is 51.8. The number of allylic oxidation sites excluding steroid dienone is 13. The maximum atomic E-state index is 13.5. The van der Waals surface area contributed by atoms with Gasteiger partial charge in [0.1, 0.15) is 19.3 Å². The lowest BCUT2D eigenvalue weighted by atomic mass is 10.0. The van der Waals surface area contributed by atoms with Crippen molar-refractivity contribution in [3.8, 4) is 0 Å². The van der Waals surface area contributed by atoms with Gasteiger partial charge in [-0.15, -0.1) is 0 Å². The second-order valence-electron chi connectivity index (χ2n) is 22.6. The van der Waals surface area contributed by atoms with Crippen molar-refractivity contribution in [2.24, 2.45) is 0 Å². The molecule has 0 bridgehead atoms. The lowest BCUT2D eigenvalue weighted by Gasteiger charge is -2.27. The Hall–Kier alpha value is -2.81. The topological polar surface area (TPSA) is 111 Å². The molecule has 3 unspecified atom stereocenters. The third-order valence-corrected chi connectivity index (χ3v) is 14.8. The molecular formula is C67H122N2O7P+. The van der Waals surface area contributed by atoms with Crippen molar-refractivity contribution in [1.29, 1.82) is 0 Å². The number of ether oxygens (including phenoxy) is 1. The Labute approximate surface area is 476 Å². The molecule has 2 N–H and O–H groups in total. The third kappa shape index (κ3) is 57.7. The summed E-state index contributed by atoms with van der Waals surface area (Å²) in [7, 11) is 1.46. The molecule has 0 heterocycles. The van der Waals surface area contributed by atoms with Gasteiger partial charge in [-0.2, -0.15) is 0 Å². The highest BCUT2D eigenvalue weighted by Crippen LogP contribution is 2.43. The normalized spacial score (nSPS) is 14.2. The maximum absolute atomic E-state index is 13.5. The van der Waals surface area contributed by atoms with Gasteiger partial charge in [-0.3, -0.25) is 18.6 Å². The van der Waals surface area contributed by atoms with Gasteiger partial charge in [-0.05, 0) is 102 Å². The Kier molecular flexibility index (Phi) is 54.4. The largest absolute Gasteiger partial charge is 0.472 e. The number of rotatable bonds is 57. The van der Waals surface area contributed by atoms with Crippen LogP contribution in [-0.2, 0) is 27.9 Å². The number of phosphoric ester groups is 1. The molecule has 0 saturated carbocycles. The van der Waals surface area contributed by atoms with Gasteiger partial charge in [0, 0.05) is 12.8 Å². The molecule has 0 aromatic rings. The smallest absolute Gasteiger partial charge is 0.456 e. The fraction of sp³-hybridized carbons (Fsp3) is 0.761. The zero-order valence-electron chi connectivity index (χ0n) is 50.9. The number of nitrogens with one attached hydrogen (secondary N) is 1. The number of unbranched alkanes of at least 4 members (excludes halogenated alkanes) is 29. The first-order chi connectivity index (χ1) is 37.4. The van der Waals surface area contributed by atoms with Crippen molar-refractivity contribution in [2.45, 2.75) is 290 Å². The number of esters is 1. The van der Waals surface area contributed by atoms with Crippen LogP contribution in [0.5, 0.6) is 0 Å². The van der Waals surface area contributed by atoms with E-state index in [2.05, 4.69) is 99.0 Å². The fourth-order valence-corrected chi connectivity index (χ4v) is 9.58.